The standard InChI is InChI=1S/C13H16FN3O2/c14-8-4-7(5-16-6-8)13(18)17-11-10(15)9-2-1-3-19-12(9)11/h4-6,9-12H,1-3,15H2,(H,17,18). The summed E-state index contributed by atoms with van der Waals surface area (Å²) in [6.07, 6.45) is 4.45. The summed E-state index contributed by atoms with van der Waals surface area (Å²) < 4.78 is 18.7. The lowest BCUT2D eigenvalue weighted by atomic mass is 9.68. The number of hydrogen-bond donors (Lipinski definition) is 2. The van der Waals surface area contributed by atoms with E-state index in [0.717, 1.165) is 25.1 Å². The van der Waals surface area contributed by atoms with E-state index in [1.54, 1.807) is 0 Å². The fraction of sp³-hybridized carbons (Fsp3) is 0.538. The molecular weight excluding hydrogens is 249 g/mol. The molecular formula is C13H16FN3O2. The van der Waals surface area contributed by atoms with Crippen molar-refractivity contribution in [3.63, 3.8) is 0 Å². The van der Waals surface area contributed by atoms with Crippen molar-refractivity contribution in [3.8, 4) is 0 Å². The number of aromatic nitrogens is 1. The molecule has 0 spiro atoms. The van der Waals surface area contributed by atoms with Crippen LogP contribution in [0, 0.1) is 11.7 Å². The molecule has 4 unspecified atom stereocenters. The number of nitrogens with two attached hydrogens (primary N) is 1. The van der Waals surface area contributed by atoms with E-state index in [-0.39, 0.29) is 29.7 Å². The highest BCUT2D eigenvalue weighted by Crippen LogP contribution is 2.37. The summed E-state index contributed by atoms with van der Waals surface area (Å²) in [6, 6.07) is 0.878. The Bertz CT molecular complexity index is 497. The predicted octanol–water partition coefficient (Wildman–Crippen LogP) is 0.455. The molecule has 6 heteroatoms. The molecule has 1 aromatic heterocycles. The number of nitrogens with one attached hydrogen (secondary N) is 1. The van der Waals surface area contributed by atoms with Gasteiger partial charge in [0.15, 0.2) is 0 Å². The highest BCUT2D eigenvalue weighted by Gasteiger charge is 2.51. The van der Waals surface area contributed by atoms with Crippen molar-refractivity contribution in [2.75, 3.05) is 6.61 Å². The summed E-state index contributed by atoms with van der Waals surface area (Å²) in [6.45, 7) is 0.710. The first-order valence-corrected chi connectivity index (χ1v) is 6.45. The lowest BCUT2D eigenvalue weighted by molar-refractivity contribution is -0.117. The predicted molar refractivity (Wildman–Crippen MR) is 65.9 cm³/mol. The van der Waals surface area contributed by atoms with Crippen LogP contribution in [0.1, 0.15) is 23.2 Å². The van der Waals surface area contributed by atoms with E-state index in [4.69, 9.17) is 10.5 Å². The zero-order chi connectivity index (χ0) is 13.4. The Balaban J connectivity index is 1.67. The van der Waals surface area contributed by atoms with Crippen molar-refractivity contribution in [1.29, 1.82) is 0 Å². The summed E-state index contributed by atoms with van der Waals surface area (Å²) >= 11 is 0. The molecule has 1 aliphatic heterocycles. The number of amides is 1. The van der Waals surface area contributed by atoms with E-state index < -0.39 is 5.82 Å². The quantitative estimate of drug-likeness (QED) is 0.814. The SMILES string of the molecule is NC1C2CCCOC2C1NC(=O)c1cncc(F)c1. The molecule has 0 aromatic carbocycles. The highest BCUT2D eigenvalue weighted by molar-refractivity contribution is 5.94. The van der Waals surface area contributed by atoms with Crippen LogP contribution in [0.15, 0.2) is 18.5 Å². The third-order valence-corrected chi connectivity index (χ3v) is 3.94. The van der Waals surface area contributed by atoms with E-state index in [9.17, 15) is 9.18 Å². The second-order valence-electron chi connectivity index (χ2n) is 5.11. The largest absolute Gasteiger partial charge is 0.376 e. The minimum atomic E-state index is -0.530. The molecule has 2 aliphatic rings. The van der Waals surface area contributed by atoms with Gasteiger partial charge in [0.1, 0.15) is 5.82 Å². The fourth-order valence-corrected chi connectivity index (χ4v) is 2.90. The van der Waals surface area contributed by atoms with Gasteiger partial charge in [-0.25, -0.2) is 4.39 Å². The van der Waals surface area contributed by atoms with Crippen LogP contribution >= 0.6 is 0 Å². The van der Waals surface area contributed by atoms with E-state index in [0.29, 0.717) is 12.5 Å². The van der Waals surface area contributed by atoms with Crippen LogP contribution in [0.25, 0.3) is 0 Å². The third kappa shape index (κ3) is 2.21. The van der Waals surface area contributed by atoms with Crippen LogP contribution in [-0.2, 0) is 4.74 Å². The van der Waals surface area contributed by atoms with Crippen LogP contribution in [0.3, 0.4) is 0 Å². The fourth-order valence-electron chi connectivity index (χ4n) is 2.90. The monoisotopic (exact) mass is 265 g/mol. The number of ether oxygens (including phenoxy) is 1. The lowest BCUT2D eigenvalue weighted by Gasteiger charge is -2.52. The topological polar surface area (TPSA) is 77.2 Å². The van der Waals surface area contributed by atoms with Crippen molar-refractivity contribution in [3.05, 3.63) is 29.8 Å². The average molecular weight is 265 g/mol. The second kappa shape index (κ2) is 4.86. The first-order chi connectivity index (χ1) is 9.16. The number of nitrogens with zero attached hydrogens (tertiary/aromatic N) is 1. The number of pyridine rings is 1. The smallest absolute Gasteiger partial charge is 0.253 e. The van der Waals surface area contributed by atoms with Gasteiger partial charge in [-0.05, 0) is 18.9 Å². The highest BCUT2D eigenvalue weighted by atomic mass is 19.1. The maximum absolute atomic E-state index is 13.0. The molecule has 1 aliphatic carbocycles. The summed E-state index contributed by atoms with van der Waals surface area (Å²) in [4.78, 5) is 15.6. The minimum Gasteiger partial charge on any atom is -0.376 e. The first-order valence-electron chi connectivity index (χ1n) is 6.45. The number of carbonyl (C=O) groups excluding carboxylic acids is 1. The molecule has 5 nitrogen and oxygen atoms in total. The molecule has 4 atom stereocenters. The Labute approximate surface area is 110 Å². The van der Waals surface area contributed by atoms with E-state index >= 15 is 0 Å². The number of hydrogen-bond acceptors (Lipinski definition) is 4. The van der Waals surface area contributed by atoms with Gasteiger partial charge in [0.25, 0.3) is 5.91 Å². The lowest BCUT2D eigenvalue weighted by Crippen LogP contribution is -2.72. The van der Waals surface area contributed by atoms with Crippen molar-refractivity contribution >= 4 is 5.91 Å². The maximum atomic E-state index is 13.0. The number of fused-ring (bicyclic) bond motifs is 1. The van der Waals surface area contributed by atoms with Crippen molar-refractivity contribution in [2.24, 2.45) is 11.7 Å². The Hall–Kier alpha value is -1.53. The van der Waals surface area contributed by atoms with Crippen LogP contribution in [0.2, 0.25) is 0 Å². The van der Waals surface area contributed by atoms with Crippen molar-refractivity contribution in [2.45, 2.75) is 31.0 Å². The molecule has 3 rings (SSSR count). The summed E-state index contributed by atoms with van der Waals surface area (Å²) in [5.74, 6) is -0.567. The molecule has 0 bridgehead atoms. The van der Waals surface area contributed by atoms with Gasteiger partial charge < -0.3 is 15.8 Å². The molecule has 1 saturated heterocycles. The van der Waals surface area contributed by atoms with Crippen molar-refractivity contribution in [1.82, 2.24) is 10.3 Å². The minimum absolute atomic E-state index is 0.00535. The molecule has 102 valence electrons. The summed E-state index contributed by atoms with van der Waals surface area (Å²) in [5.41, 5.74) is 6.25. The Morgan fingerprint density at radius 3 is 3.16 bits per heavy atom. The normalized spacial score (nSPS) is 33.2. The van der Waals surface area contributed by atoms with Crippen LogP contribution in [-0.4, -0.2) is 35.7 Å². The molecule has 0 radical (unpaired) electrons. The summed E-state index contributed by atoms with van der Waals surface area (Å²) in [5, 5.41) is 2.81. The number of halogens is 1. The molecule has 3 N–H and O–H groups in total. The molecule has 2 fully saturated rings. The van der Waals surface area contributed by atoms with E-state index in [1.165, 1.54) is 6.20 Å². The summed E-state index contributed by atoms with van der Waals surface area (Å²) in [7, 11) is 0. The van der Waals surface area contributed by atoms with Gasteiger partial charge in [0.2, 0.25) is 0 Å². The average Bonchev–Trinajstić information content (AvgIpc) is 2.44. The van der Waals surface area contributed by atoms with Gasteiger partial charge in [-0.3, -0.25) is 9.78 Å². The van der Waals surface area contributed by atoms with Gasteiger partial charge in [-0.2, -0.15) is 0 Å². The van der Waals surface area contributed by atoms with Crippen LogP contribution in [0.4, 0.5) is 4.39 Å². The van der Waals surface area contributed by atoms with Crippen LogP contribution < -0.4 is 11.1 Å². The zero-order valence-corrected chi connectivity index (χ0v) is 10.4. The van der Waals surface area contributed by atoms with Gasteiger partial charge in [-0.15, -0.1) is 0 Å². The molecule has 1 aromatic rings. The molecule has 2 heterocycles. The maximum Gasteiger partial charge on any atom is 0.253 e. The Kier molecular flexibility index (Phi) is 3.20. The van der Waals surface area contributed by atoms with Gasteiger partial charge >= 0.3 is 0 Å². The molecule has 1 amide bonds. The number of carbonyl (C=O) groups is 1. The van der Waals surface area contributed by atoms with Gasteiger partial charge in [0.05, 0.1) is 23.9 Å². The third-order valence-electron chi connectivity index (χ3n) is 3.94. The van der Waals surface area contributed by atoms with Gasteiger partial charge in [0, 0.05) is 24.8 Å². The Morgan fingerprint density at radius 1 is 1.53 bits per heavy atom. The first kappa shape index (κ1) is 12.5. The zero-order valence-electron chi connectivity index (χ0n) is 10.4. The van der Waals surface area contributed by atoms with E-state index in [1.807, 2.05) is 0 Å². The van der Waals surface area contributed by atoms with Crippen molar-refractivity contribution < 1.29 is 13.9 Å². The van der Waals surface area contributed by atoms with Gasteiger partial charge in [-0.1, -0.05) is 0 Å². The Morgan fingerprint density at radius 2 is 2.37 bits per heavy atom. The van der Waals surface area contributed by atoms with Crippen LogP contribution in [0.5, 0.6) is 0 Å². The molecule has 19 heavy (non-hydrogen) atoms. The second-order valence-corrected chi connectivity index (χ2v) is 5.11. The van der Waals surface area contributed by atoms with E-state index in [2.05, 4.69) is 10.3 Å². The molecule has 1 saturated carbocycles. The number of rotatable bonds is 2.